The summed E-state index contributed by atoms with van der Waals surface area (Å²) in [4.78, 5) is 13.8. The largest absolute Gasteiger partial charge is 0.309 e. The standard InChI is InChI=1S/C58H40N4S/c1-3-35-23-27-45-47(31-35)48-32-36(4-2)24-28-46(48)54-53(45)59-55-56(60-54)58(38-26-30-44-42-20-12-14-22-50(42)62(52(44)34-38)40-17-9-6-10-18-40)63-57(55)37-25-29-43-41-19-11-13-21-49(41)61(51(43)33-37)39-15-7-5-8-16-39/h5-34H,3-4H2,1-2H3. The molecule has 5 heteroatoms. The third kappa shape index (κ3) is 5.39. The number of thiophene rings is 1. The Kier molecular flexibility index (Phi) is 8.00. The van der Waals surface area contributed by atoms with Crippen molar-refractivity contribution in [1.29, 1.82) is 0 Å². The summed E-state index contributed by atoms with van der Waals surface area (Å²) < 4.78 is 4.80. The average Bonchev–Trinajstić information content (AvgIpc) is 4.01. The molecule has 9 aromatic carbocycles. The molecule has 4 aromatic heterocycles. The van der Waals surface area contributed by atoms with Crippen LogP contribution in [0.15, 0.2) is 182 Å². The molecule has 0 saturated heterocycles. The third-order valence-electron chi connectivity index (χ3n) is 13.2. The molecule has 0 atom stereocenters. The molecule has 0 fully saturated rings. The normalized spacial score (nSPS) is 12.1. The van der Waals surface area contributed by atoms with Crippen LogP contribution in [0.25, 0.3) is 119 Å². The van der Waals surface area contributed by atoms with Crippen molar-refractivity contribution >= 4 is 98.6 Å². The van der Waals surface area contributed by atoms with Gasteiger partial charge in [0.2, 0.25) is 0 Å². The Morgan fingerprint density at radius 2 is 0.746 bits per heavy atom. The summed E-state index contributed by atoms with van der Waals surface area (Å²) in [5, 5.41) is 9.70. The van der Waals surface area contributed by atoms with Crippen molar-refractivity contribution in [2.75, 3.05) is 0 Å². The van der Waals surface area contributed by atoms with Crippen molar-refractivity contribution < 1.29 is 0 Å². The van der Waals surface area contributed by atoms with E-state index in [-0.39, 0.29) is 0 Å². The van der Waals surface area contributed by atoms with E-state index in [0.29, 0.717) is 0 Å². The van der Waals surface area contributed by atoms with Gasteiger partial charge in [-0.05, 0) is 94.4 Å². The molecule has 13 rings (SSSR count). The van der Waals surface area contributed by atoms with Gasteiger partial charge in [0.15, 0.2) is 0 Å². The highest BCUT2D eigenvalue weighted by Gasteiger charge is 2.24. The summed E-state index contributed by atoms with van der Waals surface area (Å²) in [6, 6.07) is 66.7. The van der Waals surface area contributed by atoms with Gasteiger partial charge in [0.1, 0.15) is 11.0 Å². The van der Waals surface area contributed by atoms with Crippen LogP contribution >= 0.6 is 11.3 Å². The van der Waals surface area contributed by atoms with Crippen LogP contribution in [0.4, 0.5) is 0 Å². The average molecular weight is 825 g/mol. The quantitative estimate of drug-likeness (QED) is 0.157. The Hall–Kier alpha value is -7.60. The SMILES string of the molecule is CCc1ccc2c(c1)c1cc(CC)ccc1c1nc3c(-c4ccc5c6ccccc6n(-c6ccccc6)c5c4)sc(-c4ccc5c6ccccc6n(-c6ccccc6)c5c4)c3nc21. The second kappa shape index (κ2) is 14.0. The second-order valence-electron chi connectivity index (χ2n) is 16.7. The fourth-order valence-corrected chi connectivity index (χ4v) is 11.3. The van der Waals surface area contributed by atoms with Gasteiger partial charge in [-0.1, -0.05) is 147 Å². The Bertz CT molecular complexity index is 3730. The number of fused-ring (bicyclic) bond motifs is 13. The highest BCUT2D eigenvalue weighted by atomic mass is 32.1. The highest BCUT2D eigenvalue weighted by Crippen LogP contribution is 2.47. The maximum absolute atomic E-state index is 5.78. The van der Waals surface area contributed by atoms with Crippen molar-refractivity contribution in [3.05, 3.63) is 193 Å². The lowest BCUT2D eigenvalue weighted by Crippen LogP contribution is -1.94. The molecule has 0 unspecified atom stereocenters. The van der Waals surface area contributed by atoms with Crippen LogP contribution in [0, 0.1) is 0 Å². The van der Waals surface area contributed by atoms with Gasteiger partial charge in [0, 0.05) is 43.7 Å². The minimum Gasteiger partial charge on any atom is -0.309 e. The number of benzene rings is 9. The fourth-order valence-electron chi connectivity index (χ4n) is 10.1. The molecule has 0 bridgehead atoms. The van der Waals surface area contributed by atoms with E-state index in [2.05, 4.69) is 205 Å². The zero-order valence-corrected chi connectivity index (χ0v) is 35.7. The number of hydrogen-bond acceptors (Lipinski definition) is 3. The molecule has 0 amide bonds. The van der Waals surface area contributed by atoms with Gasteiger partial charge in [-0.3, -0.25) is 0 Å². The molecule has 63 heavy (non-hydrogen) atoms. The fraction of sp³-hybridized carbons (Fsp3) is 0.0690. The van der Waals surface area contributed by atoms with Crippen molar-refractivity contribution in [1.82, 2.24) is 19.1 Å². The van der Waals surface area contributed by atoms with Gasteiger partial charge in [0.25, 0.3) is 0 Å². The lowest BCUT2D eigenvalue weighted by molar-refractivity contribution is 1.14. The highest BCUT2D eigenvalue weighted by molar-refractivity contribution is 7.20. The Morgan fingerprint density at radius 1 is 0.349 bits per heavy atom. The predicted molar refractivity (Wildman–Crippen MR) is 268 cm³/mol. The first-order valence-corrected chi connectivity index (χ1v) is 22.8. The molecule has 0 saturated carbocycles. The first-order chi connectivity index (χ1) is 31.1. The molecule has 0 aliphatic heterocycles. The number of aromatic nitrogens is 4. The predicted octanol–water partition coefficient (Wildman–Crippen LogP) is 15.8. The minimum absolute atomic E-state index is 0.929. The first-order valence-electron chi connectivity index (χ1n) is 21.9. The van der Waals surface area contributed by atoms with E-state index in [4.69, 9.17) is 9.97 Å². The van der Waals surface area contributed by atoms with Crippen LogP contribution in [0.2, 0.25) is 0 Å². The Balaban J connectivity index is 1.14. The molecular formula is C58H40N4S. The number of aryl methyl sites for hydroxylation is 2. The van der Waals surface area contributed by atoms with E-state index in [9.17, 15) is 0 Å². The van der Waals surface area contributed by atoms with E-state index in [1.807, 2.05) is 0 Å². The molecule has 4 nitrogen and oxygen atoms in total. The molecule has 13 aromatic rings. The van der Waals surface area contributed by atoms with Crippen molar-refractivity contribution in [3.8, 4) is 32.3 Å². The molecule has 0 aliphatic rings. The third-order valence-corrected chi connectivity index (χ3v) is 14.5. The minimum atomic E-state index is 0.929. The van der Waals surface area contributed by atoms with Gasteiger partial charge in [-0.2, -0.15) is 0 Å². The van der Waals surface area contributed by atoms with Gasteiger partial charge < -0.3 is 9.13 Å². The molecule has 0 N–H and O–H groups in total. The summed E-state index contributed by atoms with van der Waals surface area (Å²) >= 11 is 1.80. The van der Waals surface area contributed by atoms with Gasteiger partial charge >= 0.3 is 0 Å². The Labute approximate surface area is 367 Å². The van der Waals surface area contributed by atoms with Crippen LogP contribution in [-0.2, 0) is 12.8 Å². The summed E-state index contributed by atoms with van der Waals surface area (Å²) in [5.41, 5.74) is 15.6. The van der Waals surface area contributed by atoms with Crippen LogP contribution in [-0.4, -0.2) is 19.1 Å². The summed E-state index contributed by atoms with van der Waals surface area (Å²) in [5.74, 6) is 0. The lowest BCUT2D eigenvalue weighted by Gasteiger charge is -2.12. The number of nitrogens with zero attached hydrogens (tertiary/aromatic N) is 4. The van der Waals surface area contributed by atoms with Gasteiger partial charge in [0.05, 0.1) is 42.9 Å². The van der Waals surface area contributed by atoms with Crippen LogP contribution < -0.4 is 0 Å². The van der Waals surface area contributed by atoms with E-state index >= 15 is 0 Å². The van der Waals surface area contributed by atoms with Crippen LogP contribution in [0.1, 0.15) is 25.0 Å². The zero-order valence-electron chi connectivity index (χ0n) is 34.9. The molecule has 0 radical (unpaired) electrons. The zero-order chi connectivity index (χ0) is 41.8. The smallest absolute Gasteiger partial charge is 0.109 e. The summed E-state index contributed by atoms with van der Waals surface area (Å²) in [6.07, 6.45) is 1.95. The molecule has 0 aliphatic carbocycles. The Morgan fingerprint density at radius 3 is 1.19 bits per heavy atom. The molecular weight excluding hydrogens is 785 g/mol. The van der Waals surface area contributed by atoms with Crippen molar-refractivity contribution in [2.45, 2.75) is 26.7 Å². The van der Waals surface area contributed by atoms with Crippen molar-refractivity contribution in [2.24, 2.45) is 0 Å². The van der Waals surface area contributed by atoms with E-state index < -0.39 is 0 Å². The number of para-hydroxylation sites is 4. The molecule has 4 heterocycles. The first kappa shape index (κ1) is 36.1. The summed E-state index contributed by atoms with van der Waals surface area (Å²) in [7, 11) is 0. The van der Waals surface area contributed by atoms with Crippen LogP contribution in [0.3, 0.4) is 0 Å². The van der Waals surface area contributed by atoms with Crippen LogP contribution in [0.5, 0.6) is 0 Å². The van der Waals surface area contributed by atoms with Gasteiger partial charge in [-0.15, -0.1) is 11.3 Å². The number of hydrogen-bond donors (Lipinski definition) is 0. The topological polar surface area (TPSA) is 35.6 Å². The van der Waals surface area contributed by atoms with Gasteiger partial charge in [-0.25, -0.2) is 9.97 Å². The molecule has 298 valence electrons. The maximum Gasteiger partial charge on any atom is 0.109 e. The monoisotopic (exact) mass is 824 g/mol. The maximum atomic E-state index is 5.78. The summed E-state index contributed by atoms with van der Waals surface area (Å²) in [6.45, 7) is 4.46. The van der Waals surface area contributed by atoms with E-state index in [0.717, 1.165) is 77.9 Å². The lowest BCUT2D eigenvalue weighted by atomic mass is 9.95. The van der Waals surface area contributed by atoms with Crippen molar-refractivity contribution in [3.63, 3.8) is 0 Å². The number of rotatable bonds is 6. The second-order valence-corrected chi connectivity index (χ2v) is 17.7. The molecule has 0 spiro atoms. The van der Waals surface area contributed by atoms with E-state index in [1.54, 1.807) is 11.3 Å². The van der Waals surface area contributed by atoms with E-state index in [1.165, 1.54) is 65.5 Å².